The third-order valence-corrected chi connectivity index (χ3v) is 4.83. The predicted octanol–water partition coefficient (Wildman–Crippen LogP) is 2.90. The van der Waals surface area contributed by atoms with Gasteiger partial charge in [0.15, 0.2) is 0 Å². The predicted molar refractivity (Wildman–Crippen MR) is 85.1 cm³/mol. The van der Waals surface area contributed by atoms with Crippen LogP contribution < -0.4 is 5.32 Å². The Morgan fingerprint density at radius 1 is 1.20 bits per heavy atom. The van der Waals surface area contributed by atoms with E-state index in [9.17, 15) is 0 Å². The molecule has 0 aromatic heterocycles. The zero-order valence-electron chi connectivity index (χ0n) is 14.0. The van der Waals surface area contributed by atoms with Gasteiger partial charge in [-0.25, -0.2) is 0 Å². The molecule has 1 N–H and O–H groups in total. The molecule has 0 bridgehead atoms. The molecule has 2 rings (SSSR count). The highest BCUT2D eigenvalue weighted by molar-refractivity contribution is 4.90. The molecule has 2 fully saturated rings. The minimum atomic E-state index is 0.329. The van der Waals surface area contributed by atoms with E-state index in [-0.39, 0.29) is 0 Å². The Morgan fingerprint density at radius 2 is 2.00 bits per heavy atom. The molecule has 0 aliphatic carbocycles. The molecule has 0 amide bonds. The lowest BCUT2D eigenvalue weighted by molar-refractivity contribution is -0.0376. The first-order chi connectivity index (χ1) is 9.41. The van der Waals surface area contributed by atoms with Crippen molar-refractivity contribution in [2.75, 3.05) is 39.4 Å². The van der Waals surface area contributed by atoms with Gasteiger partial charge in [0, 0.05) is 37.7 Å². The van der Waals surface area contributed by atoms with Crippen molar-refractivity contribution in [3.8, 4) is 0 Å². The van der Waals surface area contributed by atoms with Gasteiger partial charge >= 0.3 is 0 Å². The van der Waals surface area contributed by atoms with Crippen molar-refractivity contribution in [3.63, 3.8) is 0 Å². The van der Waals surface area contributed by atoms with Crippen molar-refractivity contribution in [1.82, 2.24) is 10.2 Å². The minimum Gasteiger partial charge on any atom is -0.381 e. The highest BCUT2D eigenvalue weighted by Crippen LogP contribution is 2.34. The zero-order valence-corrected chi connectivity index (χ0v) is 14.0. The van der Waals surface area contributed by atoms with Crippen LogP contribution >= 0.6 is 0 Å². The first-order valence-electron chi connectivity index (χ1n) is 8.44. The van der Waals surface area contributed by atoms with Crippen LogP contribution in [-0.4, -0.2) is 50.3 Å². The van der Waals surface area contributed by atoms with Gasteiger partial charge in [0.2, 0.25) is 0 Å². The Bertz CT molecular complexity index is 295. The van der Waals surface area contributed by atoms with Gasteiger partial charge in [0.25, 0.3) is 0 Å². The van der Waals surface area contributed by atoms with Gasteiger partial charge in [-0.3, -0.25) is 0 Å². The quantitative estimate of drug-likeness (QED) is 0.839. The summed E-state index contributed by atoms with van der Waals surface area (Å²) in [4.78, 5) is 2.69. The monoisotopic (exact) mass is 282 g/mol. The molecule has 0 spiro atoms. The van der Waals surface area contributed by atoms with Crippen molar-refractivity contribution in [1.29, 1.82) is 0 Å². The Labute approximate surface area is 125 Å². The molecule has 2 aliphatic rings. The fraction of sp³-hybridized carbons (Fsp3) is 1.00. The van der Waals surface area contributed by atoms with Crippen molar-refractivity contribution < 1.29 is 4.74 Å². The van der Waals surface area contributed by atoms with E-state index in [0.29, 0.717) is 16.9 Å². The van der Waals surface area contributed by atoms with E-state index in [0.717, 1.165) is 19.8 Å². The molecule has 3 heteroatoms. The number of piperidine rings is 1. The molecule has 0 saturated carbocycles. The normalized spacial score (nSPS) is 31.6. The largest absolute Gasteiger partial charge is 0.381 e. The van der Waals surface area contributed by atoms with Gasteiger partial charge in [0.1, 0.15) is 0 Å². The molecule has 0 aromatic rings. The lowest BCUT2D eigenvalue weighted by atomic mass is 9.79. The van der Waals surface area contributed by atoms with E-state index < -0.39 is 0 Å². The molecule has 3 nitrogen and oxygen atoms in total. The smallest absolute Gasteiger partial charge is 0.0546 e. The second-order valence-electron chi connectivity index (χ2n) is 8.17. The number of rotatable bonds is 5. The van der Waals surface area contributed by atoms with Crippen molar-refractivity contribution >= 4 is 0 Å². The van der Waals surface area contributed by atoms with Gasteiger partial charge in [-0.15, -0.1) is 0 Å². The second kappa shape index (κ2) is 6.76. The maximum atomic E-state index is 5.84. The fourth-order valence-corrected chi connectivity index (χ4v) is 3.80. The first-order valence-corrected chi connectivity index (χ1v) is 8.44. The van der Waals surface area contributed by atoms with Gasteiger partial charge in [0.05, 0.1) is 6.61 Å². The van der Waals surface area contributed by atoms with E-state index in [1.165, 1.54) is 45.3 Å². The van der Waals surface area contributed by atoms with Gasteiger partial charge in [-0.1, -0.05) is 27.7 Å². The summed E-state index contributed by atoms with van der Waals surface area (Å²) in [5.74, 6) is 0. The first kappa shape index (κ1) is 16.3. The Balaban J connectivity index is 1.96. The minimum absolute atomic E-state index is 0.329. The molecule has 118 valence electrons. The van der Waals surface area contributed by atoms with E-state index in [1.807, 2.05) is 0 Å². The summed E-state index contributed by atoms with van der Waals surface area (Å²) < 4.78 is 5.84. The highest BCUT2D eigenvalue weighted by Gasteiger charge is 2.37. The third kappa shape index (κ3) is 4.71. The number of likely N-dealkylation sites (tertiary alicyclic amines) is 1. The number of hydrogen-bond acceptors (Lipinski definition) is 3. The molecule has 20 heavy (non-hydrogen) atoms. The fourth-order valence-electron chi connectivity index (χ4n) is 3.80. The molecule has 0 aromatic carbocycles. The summed E-state index contributed by atoms with van der Waals surface area (Å²) in [6.07, 6.45) is 5.25. The lowest BCUT2D eigenvalue weighted by Crippen LogP contribution is -2.52. The van der Waals surface area contributed by atoms with Crippen molar-refractivity contribution in [2.24, 2.45) is 10.8 Å². The van der Waals surface area contributed by atoms with Crippen molar-refractivity contribution in [3.05, 3.63) is 0 Å². The van der Waals surface area contributed by atoms with Crippen LogP contribution in [0.15, 0.2) is 0 Å². The molecular weight excluding hydrogens is 248 g/mol. The van der Waals surface area contributed by atoms with E-state index in [4.69, 9.17) is 4.74 Å². The molecule has 2 heterocycles. The summed E-state index contributed by atoms with van der Waals surface area (Å²) in [5.41, 5.74) is 0.816. The van der Waals surface area contributed by atoms with E-state index in [2.05, 4.69) is 37.9 Å². The highest BCUT2D eigenvalue weighted by atomic mass is 16.5. The molecule has 0 radical (unpaired) electrons. The van der Waals surface area contributed by atoms with Crippen LogP contribution in [0.25, 0.3) is 0 Å². The Kier molecular flexibility index (Phi) is 5.49. The van der Waals surface area contributed by atoms with Crippen LogP contribution in [0.4, 0.5) is 0 Å². The standard InChI is InChI=1S/C17H34N2O/c1-15(2)18-11-17(8-6-10-20-14-17)13-19-9-5-7-16(3,4)12-19/h15,18H,5-14H2,1-4H3. The van der Waals surface area contributed by atoms with Crippen LogP contribution in [0.1, 0.15) is 53.4 Å². The summed E-state index contributed by atoms with van der Waals surface area (Å²) in [6, 6.07) is 0.562. The second-order valence-corrected chi connectivity index (χ2v) is 8.17. The van der Waals surface area contributed by atoms with Crippen LogP contribution in [-0.2, 0) is 4.74 Å². The van der Waals surface area contributed by atoms with Crippen LogP contribution in [0.3, 0.4) is 0 Å². The van der Waals surface area contributed by atoms with E-state index >= 15 is 0 Å². The van der Waals surface area contributed by atoms with Crippen LogP contribution in [0.2, 0.25) is 0 Å². The summed E-state index contributed by atoms with van der Waals surface area (Å²) in [5, 5.41) is 3.66. The molecule has 1 unspecified atom stereocenters. The Hall–Kier alpha value is -0.120. The topological polar surface area (TPSA) is 24.5 Å². The summed E-state index contributed by atoms with van der Waals surface area (Å²) in [6.45, 7) is 16.0. The summed E-state index contributed by atoms with van der Waals surface area (Å²) in [7, 11) is 0. The van der Waals surface area contributed by atoms with Gasteiger partial charge in [-0.2, -0.15) is 0 Å². The molecule has 1 atom stereocenters. The number of ether oxygens (including phenoxy) is 1. The average Bonchev–Trinajstić information content (AvgIpc) is 2.36. The lowest BCUT2D eigenvalue weighted by Gasteiger charge is -2.45. The third-order valence-electron chi connectivity index (χ3n) is 4.83. The maximum absolute atomic E-state index is 5.84. The maximum Gasteiger partial charge on any atom is 0.0546 e. The summed E-state index contributed by atoms with van der Waals surface area (Å²) >= 11 is 0. The van der Waals surface area contributed by atoms with Gasteiger partial charge in [-0.05, 0) is 37.6 Å². The number of hydrogen-bond donors (Lipinski definition) is 1. The zero-order chi connectivity index (χ0) is 14.6. The molecule has 2 saturated heterocycles. The molecule has 2 aliphatic heterocycles. The van der Waals surface area contributed by atoms with Crippen LogP contribution in [0, 0.1) is 10.8 Å². The average molecular weight is 282 g/mol. The molecular formula is C17H34N2O. The Morgan fingerprint density at radius 3 is 2.60 bits per heavy atom. The van der Waals surface area contributed by atoms with Gasteiger partial charge < -0.3 is 15.0 Å². The van der Waals surface area contributed by atoms with Crippen LogP contribution in [0.5, 0.6) is 0 Å². The number of nitrogens with one attached hydrogen (secondary N) is 1. The van der Waals surface area contributed by atoms with Crippen molar-refractivity contribution in [2.45, 2.75) is 59.4 Å². The number of nitrogens with zero attached hydrogens (tertiary/aromatic N) is 1. The SMILES string of the molecule is CC(C)NCC1(CN2CCCC(C)(C)C2)CCCOC1. The van der Waals surface area contributed by atoms with E-state index in [1.54, 1.807) is 0 Å².